The van der Waals surface area contributed by atoms with Gasteiger partial charge in [-0.1, -0.05) is 24.3 Å². The summed E-state index contributed by atoms with van der Waals surface area (Å²) < 4.78 is 7.86. The Morgan fingerprint density at radius 1 is 1.19 bits per heavy atom. The number of aliphatic carboxylic acids is 1. The molecule has 7 heteroatoms. The zero-order valence-corrected chi connectivity index (χ0v) is 14.1. The van der Waals surface area contributed by atoms with E-state index in [0.717, 1.165) is 17.0 Å². The Bertz CT molecular complexity index is 1000. The number of anilines is 1. The van der Waals surface area contributed by atoms with Crippen molar-refractivity contribution < 1.29 is 14.6 Å². The SMILES string of the molecule is O=C(O)[C@@]12Cc3ccccc3OC[C@@H]1CN(c1nnc3ccccn13)C2. The fourth-order valence-corrected chi connectivity index (χ4v) is 4.22. The zero-order valence-electron chi connectivity index (χ0n) is 14.1. The molecular formula is C19H18N4O3. The second-order valence-electron chi connectivity index (χ2n) is 7.06. The van der Waals surface area contributed by atoms with Gasteiger partial charge in [-0.15, -0.1) is 10.2 Å². The average molecular weight is 350 g/mol. The van der Waals surface area contributed by atoms with Crippen molar-refractivity contribution in [2.75, 3.05) is 24.6 Å². The van der Waals surface area contributed by atoms with Crippen molar-refractivity contribution in [3.05, 3.63) is 54.2 Å². The molecule has 2 atom stereocenters. The molecule has 0 radical (unpaired) electrons. The highest BCUT2D eigenvalue weighted by atomic mass is 16.5. The highest BCUT2D eigenvalue weighted by Gasteiger charge is 2.54. The molecular weight excluding hydrogens is 332 g/mol. The molecule has 0 aliphatic carbocycles. The van der Waals surface area contributed by atoms with E-state index in [1.807, 2.05) is 58.0 Å². The van der Waals surface area contributed by atoms with E-state index >= 15 is 0 Å². The van der Waals surface area contributed by atoms with Crippen LogP contribution in [-0.2, 0) is 11.2 Å². The monoisotopic (exact) mass is 350 g/mol. The lowest BCUT2D eigenvalue weighted by atomic mass is 9.74. The second kappa shape index (κ2) is 5.45. The van der Waals surface area contributed by atoms with E-state index in [1.54, 1.807) is 0 Å². The molecule has 0 spiro atoms. The maximum atomic E-state index is 12.4. The van der Waals surface area contributed by atoms with Crippen LogP contribution in [0.1, 0.15) is 5.56 Å². The first-order valence-corrected chi connectivity index (χ1v) is 8.66. The lowest BCUT2D eigenvalue weighted by Gasteiger charge is -2.27. The average Bonchev–Trinajstić information content (AvgIpc) is 3.19. The molecule has 4 heterocycles. The van der Waals surface area contributed by atoms with E-state index in [1.165, 1.54) is 0 Å². The van der Waals surface area contributed by atoms with Crippen LogP contribution in [0.5, 0.6) is 5.75 Å². The van der Waals surface area contributed by atoms with E-state index < -0.39 is 11.4 Å². The van der Waals surface area contributed by atoms with Crippen LogP contribution in [0.4, 0.5) is 5.95 Å². The minimum atomic E-state index is -0.896. The van der Waals surface area contributed by atoms with Crippen LogP contribution in [0, 0.1) is 11.3 Å². The predicted octanol–water partition coefficient (Wildman–Crippen LogP) is 1.87. The number of carboxylic acid groups (broad SMARTS) is 1. The van der Waals surface area contributed by atoms with Gasteiger partial charge in [0.2, 0.25) is 5.95 Å². The van der Waals surface area contributed by atoms with Crippen LogP contribution < -0.4 is 9.64 Å². The van der Waals surface area contributed by atoms with Crippen LogP contribution in [-0.4, -0.2) is 45.4 Å². The fraction of sp³-hybridized carbons (Fsp3) is 0.316. The number of carboxylic acids is 1. The number of benzene rings is 1. The number of fused-ring (bicyclic) bond motifs is 3. The Balaban J connectivity index is 1.56. The molecule has 1 aromatic carbocycles. The third-order valence-electron chi connectivity index (χ3n) is 5.62. The standard InChI is InChI=1S/C19H18N4O3/c24-17(25)19-9-13-5-1-2-6-15(13)26-11-14(19)10-22(12-19)18-21-20-16-7-3-4-8-23(16)18/h1-8,14H,9-12H2,(H,24,25)/t14-,19+/m0/s1. The van der Waals surface area contributed by atoms with Gasteiger partial charge in [0.1, 0.15) is 5.75 Å². The van der Waals surface area contributed by atoms with Gasteiger partial charge in [0.15, 0.2) is 5.65 Å². The molecule has 2 aromatic heterocycles. The molecule has 2 aliphatic heterocycles. The fourth-order valence-electron chi connectivity index (χ4n) is 4.22. The van der Waals surface area contributed by atoms with Gasteiger partial charge in [-0.25, -0.2) is 0 Å². The number of hydrogen-bond acceptors (Lipinski definition) is 5. The molecule has 7 nitrogen and oxygen atoms in total. The van der Waals surface area contributed by atoms with Crippen LogP contribution >= 0.6 is 0 Å². The number of hydrogen-bond donors (Lipinski definition) is 1. The first-order valence-electron chi connectivity index (χ1n) is 8.66. The van der Waals surface area contributed by atoms with Crippen molar-refractivity contribution >= 4 is 17.6 Å². The van der Waals surface area contributed by atoms with Crippen molar-refractivity contribution in [1.82, 2.24) is 14.6 Å². The number of aromatic nitrogens is 3. The normalized spacial score (nSPS) is 24.6. The molecule has 2 aliphatic rings. The number of pyridine rings is 1. The van der Waals surface area contributed by atoms with E-state index in [-0.39, 0.29) is 5.92 Å². The molecule has 1 N–H and O–H groups in total. The minimum absolute atomic E-state index is 0.122. The summed E-state index contributed by atoms with van der Waals surface area (Å²) in [7, 11) is 0. The highest BCUT2D eigenvalue weighted by Crippen LogP contribution is 2.44. The van der Waals surface area contributed by atoms with Crippen molar-refractivity contribution in [3.8, 4) is 5.75 Å². The summed E-state index contributed by atoms with van der Waals surface area (Å²) in [6.45, 7) is 1.35. The minimum Gasteiger partial charge on any atom is -0.493 e. The summed E-state index contributed by atoms with van der Waals surface area (Å²) in [4.78, 5) is 14.4. The summed E-state index contributed by atoms with van der Waals surface area (Å²) in [6.07, 6.45) is 2.36. The lowest BCUT2D eigenvalue weighted by Crippen LogP contribution is -2.42. The molecule has 1 saturated heterocycles. The smallest absolute Gasteiger partial charge is 0.312 e. The molecule has 3 aromatic rings. The Morgan fingerprint density at radius 3 is 2.92 bits per heavy atom. The molecule has 5 rings (SSSR count). The maximum absolute atomic E-state index is 12.4. The number of para-hydroxylation sites is 1. The quantitative estimate of drug-likeness (QED) is 0.760. The molecule has 0 bridgehead atoms. The van der Waals surface area contributed by atoms with Gasteiger partial charge in [0.25, 0.3) is 0 Å². The first-order chi connectivity index (χ1) is 12.7. The molecule has 132 valence electrons. The second-order valence-corrected chi connectivity index (χ2v) is 7.06. The first kappa shape index (κ1) is 15.2. The van der Waals surface area contributed by atoms with Crippen molar-refractivity contribution in [1.29, 1.82) is 0 Å². The molecule has 0 amide bonds. The lowest BCUT2D eigenvalue weighted by molar-refractivity contribution is -0.150. The van der Waals surface area contributed by atoms with Gasteiger partial charge in [0, 0.05) is 25.2 Å². The molecule has 0 saturated carbocycles. The maximum Gasteiger partial charge on any atom is 0.312 e. The summed E-state index contributed by atoms with van der Waals surface area (Å²) in [5.41, 5.74) is 0.804. The Labute approximate surface area is 149 Å². The number of ether oxygens (including phenoxy) is 1. The topological polar surface area (TPSA) is 80.0 Å². The Kier molecular flexibility index (Phi) is 3.19. The van der Waals surface area contributed by atoms with Crippen molar-refractivity contribution in [2.45, 2.75) is 6.42 Å². The number of carbonyl (C=O) groups is 1. The molecule has 26 heavy (non-hydrogen) atoms. The summed E-state index contributed by atoms with van der Waals surface area (Å²) >= 11 is 0. The Morgan fingerprint density at radius 2 is 2.04 bits per heavy atom. The summed E-state index contributed by atoms with van der Waals surface area (Å²) in [5, 5.41) is 18.6. The van der Waals surface area contributed by atoms with Crippen LogP contribution in [0.15, 0.2) is 48.7 Å². The van der Waals surface area contributed by atoms with Crippen LogP contribution in [0.2, 0.25) is 0 Å². The van der Waals surface area contributed by atoms with Gasteiger partial charge in [0.05, 0.1) is 12.0 Å². The Hall–Kier alpha value is -3.09. The van der Waals surface area contributed by atoms with Gasteiger partial charge in [-0.3, -0.25) is 9.20 Å². The van der Waals surface area contributed by atoms with Gasteiger partial charge >= 0.3 is 5.97 Å². The van der Waals surface area contributed by atoms with Crippen LogP contribution in [0.3, 0.4) is 0 Å². The third-order valence-corrected chi connectivity index (χ3v) is 5.62. The largest absolute Gasteiger partial charge is 0.493 e. The number of rotatable bonds is 2. The van der Waals surface area contributed by atoms with Gasteiger partial charge in [-0.2, -0.15) is 0 Å². The number of nitrogens with zero attached hydrogens (tertiary/aromatic N) is 4. The van der Waals surface area contributed by atoms with E-state index in [2.05, 4.69) is 10.2 Å². The zero-order chi connectivity index (χ0) is 17.7. The third kappa shape index (κ3) is 2.09. The molecule has 0 unspecified atom stereocenters. The predicted molar refractivity (Wildman–Crippen MR) is 94.4 cm³/mol. The summed E-state index contributed by atoms with van der Waals surface area (Å²) in [5.74, 6) is 0.576. The van der Waals surface area contributed by atoms with E-state index in [4.69, 9.17) is 4.74 Å². The van der Waals surface area contributed by atoms with Crippen molar-refractivity contribution in [3.63, 3.8) is 0 Å². The van der Waals surface area contributed by atoms with E-state index in [9.17, 15) is 9.90 Å². The van der Waals surface area contributed by atoms with E-state index in [0.29, 0.717) is 32.1 Å². The van der Waals surface area contributed by atoms with Crippen LogP contribution in [0.25, 0.3) is 5.65 Å². The summed E-state index contributed by atoms with van der Waals surface area (Å²) in [6, 6.07) is 13.4. The van der Waals surface area contributed by atoms with Gasteiger partial charge in [-0.05, 0) is 30.2 Å². The van der Waals surface area contributed by atoms with Gasteiger partial charge < -0.3 is 14.7 Å². The highest BCUT2D eigenvalue weighted by molar-refractivity contribution is 5.78. The molecule has 1 fully saturated rings. The van der Waals surface area contributed by atoms with Crippen molar-refractivity contribution in [2.24, 2.45) is 11.3 Å².